The molecule has 0 aliphatic carbocycles. The molecule has 0 saturated heterocycles. The van der Waals surface area contributed by atoms with Crippen molar-refractivity contribution in [2.24, 2.45) is 0 Å². The minimum Gasteiger partial charge on any atom is -0.508 e. The van der Waals surface area contributed by atoms with E-state index in [1.807, 2.05) is 42.5 Å². The fourth-order valence-corrected chi connectivity index (χ4v) is 1.32. The van der Waals surface area contributed by atoms with Crippen LogP contribution in [0.5, 0.6) is 5.75 Å². The zero-order valence-electron chi connectivity index (χ0n) is 7.64. The normalized spacial score (nSPS) is 9.14. The number of hydrogen-bond donors (Lipinski definition) is 1. The minimum absolute atomic E-state index is 0. The molecule has 1 nitrogen and oxygen atoms in total. The molecule has 0 spiro atoms. The SMILES string of the molecule is Oc1cccc(-c2ccccc2)c1.[Ti]. The number of phenols is 1. The van der Waals surface area contributed by atoms with Gasteiger partial charge < -0.3 is 5.11 Å². The van der Waals surface area contributed by atoms with Gasteiger partial charge in [0.2, 0.25) is 0 Å². The Bertz CT molecular complexity index is 398. The number of rotatable bonds is 1. The van der Waals surface area contributed by atoms with Gasteiger partial charge in [0.05, 0.1) is 0 Å². The Morgan fingerprint density at radius 1 is 0.714 bits per heavy atom. The van der Waals surface area contributed by atoms with Crippen molar-refractivity contribution >= 4 is 0 Å². The second kappa shape index (κ2) is 4.99. The summed E-state index contributed by atoms with van der Waals surface area (Å²) in [7, 11) is 0. The standard InChI is InChI=1S/C12H10O.Ti/c13-12-8-4-7-11(9-12)10-5-2-1-3-6-10;/h1-9,13H;. The third kappa shape index (κ3) is 2.47. The fourth-order valence-electron chi connectivity index (χ4n) is 1.32. The number of hydrogen-bond acceptors (Lipinski definition) is 1. The zero-order chi connectivity index (χ0) is 9.10. The second-order valence-corrected chi connectivity index (χ2v) is 2.92. The van der Waals surface area contributed by atoms with Crippen molar-refractivity contribution in [2.45, 2.75) is 0 Å². The first-order valence-electron chi connectivity index (χ1n) is 4.21. The van der Waals surface area contributed by atoms with Crippen LogP contribution in [0.4, 0.5) is 0 Å². The summed E-state index contributed by atoms with van der Waals surface area (Å²) in [6.07, 6.45) is 0. The van der Waals surface area contributed by atoms with Crippen LogP contribution in [0.3, 0.4) is 0 Å². The molecule has 0 aromatic heterocycles. The first kappa shape index (κ1) is 11.0. The summed E-state index contributed by atoms with van der Waals surface area (Å²) < 4.78 is 0. The van der Waals surface area contributed by atoms with Crippen LogP contribution in [0.25, 0.3) is 11.1 Å². The molecule has 0 bridgehead atoms. The summed E-state index contributed by atoms with van der Waals surface area (Å²) in [4.78, 5) is 0. The number of phenolic OH excluding ortho intramolecular Hbond substituents is 1. The van der Waals surface area contributed by atoms with Crippen molar-refractivity contribution < 1.29 is 26.8 Å². The van der Waals surface area contributed by atoms with Crippen LogP contribution >= 0.6 is 0 Å². The van der Waals surface area contributed by atoms with Crippen LogP contribution in [0.1, 0.15) is 0 Å². The van der Waals surface area contributed by atoms with Crippen molar-refractivity contribution in [3.63, 3.8) is 0 Å². The molecule has 0 aliphatic rings. The van der Waals surface area contributed by atoms with Gasteiger partial charge in [0.1, 0.15) is 5.75 Å². The van der Waals surface area contributed by atoms with E-state index >= 15 is 0 Å². The summed E-state index contributed by atoms with van der Waals surface area (Å²) >= 11 is 0. The van der Waals surface area contributed by atoms with Crippen molar-refractivity contribution in [3.05, 3.63) is 54.6 Å². The van der Waals surface area contributed by atoms with Crippen LogP contribution in [0.2, 0.25) is 0 Å². The van der Waals surface area contributed by atoms with Crippen molar-refractivity contribution in [3.8, 4) is 16.9 Å². The summed E-state index contributed by atoms with van der Waals surface area (Å²) in [5, 5.41) is 9.27. The maximum atomic E-state index is 9.27. The average Bonchev–Trinajstić information content (AvgIpc) is 2.19. The van der Waals surface area contributed by atoms with Crippen LogP contribution in [0, 0.1) is 0 Å². The first-order valence-corrected chi connectivity index (χ1v) is 4.21. The monoisotopic (exact) mass is 218 g/mol. The third-order valence-electron chi connectivity index (χ3n) is 1.95. The van der Waals surface area contributed by atoms with E-state index in [0.29, 0.717) is 5.75 Å². The summed E-state index contributed by atoms with van der Waals surface area (Å²) in [6.45, 7) is 0. The molecule has 0 amide bonds. The van der Waals surface area contributed by atoms with Crippen LogP contribution < -0.4 is 0 Å². The van der Waals surface area contributed by atoms with Gasteiger partial charge in [-0.05, 0) is 23.3 Å². The maximum absolute atomic E-state index is 9.27. The molecule has 0 unspecified atom stereocenters. The van der Waals surface area contributed by atoms with E-state index in [-0.39, 0.29) is 21.7 Å². The predicted molar refractivity (Wildman–Crippen MR) is 53.5 cm³/mol. The Hall–Kier alpha value is -1.05. The van der Waals surface area contributed by atoms with Gasteiger partial charge in [0, 0.05) is 21.7 Å². The second-order valence-electron chi connectivity index (χ2n) is 2.92. The van der Waals surface area contributed by atoms with Crippen molar-refractivity contribution in [1.29, 1.82) is 0 Å². The van der Waals surface area contributed by atoms with Gasteiger partial charge >= 0.3 is 0 Å². The summed E-state index contributed by atoms with van der Waals surface area (Å²) in [5.74, 6) is 0.307. The van der Waals surface area contributed by atoms with Gasteiger partial charge in [0.15, 0.2) is 0 Å². The Morgan fingerprint density at radius 3 is 2.00 bits per heavy atom. The Kier molecular flexibility index (Phi) is 3.93. The molecule has 0 fully saturated rings. The fraction of sp³-hybridized carbons (Fsp3) is 0. The van der Waals surface area contributed by atoms with E-state index in [9.17, 15) is 5.11 Å². The molecule has 2 heteroatoms. The first-order chi connectivity index (χ1) is 6.36. The summed E-state index contributed by atoms with van der Waals surface area (Å²) in [5.41, 5.74) is 2.17. The molecule has 0 atom stereocenters. The zero-order valence-corrected chi connectivity index (χ0v) is 9.20. The topological polar surface area (TPSA) is 20.2 Å². The van der Waals surface area contributed by atoms with E-state index in [1.165, 1.54) is 0 Å². The predicted octanol–water partition coefficient (Wildman–Crippen LogP) is 3.06. The molecule has 0 heterocycles. The molecule has 14 heavy (non-hydrogen) atoms. The van der Waals surface area contributed by atoms with Gasteiger partial charge in [-0.1, -0.05) is 42.5 Å². The van der Waals surface area contributed by atoms with E-state index in [2.05, 4.69) is 0 Å². The van der Waals surface area contributed by atoms with Gasteiger partial charge in [-0.15, -0.1) is 0 Å². The third-order valence-corrected chi connectivity index (χ3v) is 1.95. The van der Waals surface area contributed by atoms with Crippen molar-refractivity contribution in [2.75, 3.05) is 0 Å². The average molecular weight is 218 g/mol. The molecule has 2 rings (SSSR count). The largest absolute Gasteiger partial charge is 0.508 e. The number of aromatic hydroxyl groups is 1. The van der Waals surface area contributed by atoms with Crippen LogP contribution in [0.15, 0.2) is 54.6 Å². The molecule has 68 valence electrons. The van der Waals surface area contributed by atoms with Gasteiger partial charge in [-0.2, -0.15) is 0 Å². The molecule has 1 N–H and O–H groups in total. The van der Waals surface area contributed by atoms with Crippen LogP contribution in [-0.2, 0) is 21.7 Å². The smallest absolute Gasteiger partial charge is 0.116 e. The van der Waals surface area contributed by atoms with Gasteiger partial charge in [-0.3, -0.25) is 0 Å². The minimum atomic E-state index is 0. The maximum Gasteiger partial charge on any atom is 0.116 e. The molecule has 0 saturated carbocycles. The number of benzene rings is 2. The molecule has 0 aliphatic heterocycles. The molecule has 2 aromatic carbocycles. The van der Waals surface area contributed by atoms with E-state index in [1.54, 1.807) is 12.1 Å². The molecule has 0 radical (unpaired) electrons. The summed E-state index contributed by atoms with van der Waals surface area (Å²) in [6, 6.07) is 17.3. The van der Waals surface area contributed by atoms with Gasteiger partial charge in [0.25, 0.3) is 0 Å². The van der Waals surface area contributed by atoms with E-state index in [4.69, 9.17) is 0 Å². The molecule has 2 aromatic rings. The Labute approximate surface area is 98.3 Å². The Morgan fingerprint density at radius 2 is 1.36 bits per heavy atom. The van der Waals surface area contributed by atoms with Gasteiger partial charge in [-0.25, -0.2) is 0 Å². The van der Waals surface area contributed by atoms with E-state index in [0.717, 1.165) is 11.1 Å². The molecular weight excluding hydrogens is 208 g/mol. The Balaban J connectivity index is 0.000000980. The molecular formula is C12H10OTi. The van der Waals surface area contributed by atoms with Crippen LogP contribution in [-0.4, -0.2) is 5.11 Å². The quantitative estimate of drug-likeness (QED) is 0.729. The van der Waals surface area contributed by atoms with Crippen molar-refractivity contribution in [1.82, 2.24) is 0 Å². The van der Waals surface area contributed by atoms with E-state index < -0.39 is 0 Å².